The van der Waals surface area contributed by atoms with Crippen molar-refractivity contribution >= 4 is 0 Å². The van der Waals surface area contributed by atoms with Gasteiger partial charge in [-0.05, 0) is 56.8 Å². The van der Waals surface area contributed by atoms with Gasteiger partial charge in [0.1, 0.15) is 0 Å². The first-order valence-electron chi connectivity index (χ1n) is 10.5. The summed E-state index contributed by atoms with van der Waals surface area (Å²) in [7, 11) is 0. The van der Waals surface area contributed by atoms with Crippen LogP contribution in [0.4, 0.5) is 0 Å². The first kappa shape index (κ1) is 18.4. The van der Waals surface area contributed by atoms with Crippen molar-refractivity contribution < 1.29 is 9.47 Å². The van der Waals surface area contributed by atoms with Gasteiger partial charge < -0.3 is 9.47 Å². The average Bonchev–Trinajstić information content (AvgIpc) is 3.24. The van der Waals surface area contributed by atoms with Gasteiger partial charge in [0, 0.05) is 51.1 Å². The Balaban J connectivity index is 1.21. The van der Waals surface area contributed by atoms with E-state index in [9.17, 15) is 0 Å². The van der Waals surface area contributed by atoms with Gasteiger partial charge in [0.25, 0.3) is 0 Å². The number of hydrogen-bond acceptors (Lipinski definition) is 5. The lowest BCUT2D eigenvalue weighted by molar-refractivity contribution is 0.0224. The summed E-state index contributed by atoms with van der Waals surface area (Å²) in [6.07, 6.45) is 9.89. The quantitative estimate of drug-likeness (QED) is 0.780. The van der Waals surface area contributed by atoms with Crippen LogP contribution >= 0.6 is 0 Å². The Hall–Kier alpha value is -1.01. The van der Waals surface area contributed by atoms with Gasteiger partial charge in [-0.25, -0.2) is 0 Å². The fourth-order valence-electron chi connectivity index (χ4n) is 4.43. The largest absolute Gasteiger partial charge is 0.380 e. The van der Waals surface area contributed by atoms with Crippen LogP contribution in [-0.4, -0.2) is 72.9 Å². The minimum atomic E-state index is 0.333. The first-order chi connectivity index (χ1) is 12.8. The topological polar surface area (TPSA) is 37.8 Å². The second-order valence-corrected chi connectivity index (χ2v) is 8.07. The molecule has 5 heteroatoms. The van der Waals surface area contributed by atoms with Crippen LogP contribution in [0.5, 0.6) is 0 Å². The smallest absolute Gasteiger partial charge is 0.0706 e. The van der Waals surface area contributed by atoms with Crippen LogP contribution in [0.15, 0.2) is 18.3 Å². The fourth-order valence-corrected chi connectivity index (χ4v) is 4.43. The molecule has 3 saturated heterocycles. The van der Waals surface area contributed by atoms with Crippen LogP contribution in [0.25, 0.3) is 0 Å². The number of likely N-dealkylation sites (tertiary alicyclic amines) is 1. The van der Waals surface area contributed by atoms with Gasteiger partial charge >= 0.3 is 0 Å². The molecule has 3 fully saturated rings. The van der Waals surface area contributed by atoms with E-state index in [-0.39, 0.29) is 0 Å². The number of rotatable bonds is 6. The highest BCUT2D eigenvalue weighted by Crippen LogP contribution is 2.23. The Bertz CT molecular complexity index is 537. The lowest BCUT2D eigenvalue weighted by Gasteiger charge is -2.23. The minimum Gasteiger partial charge on any atom is -0.380 e. The van der Waals surface area contributed by atoms with Crippen molar-refractivity contribution in [3.8, 4) is 0 Å². The van der Waals surface area contributed by atoms with Crippen LogP contribution in [0, 0.1) is 0 Å². The fraction of sp³-hybridized carbons (Fsp3) is 0.762. The third kappa shape index (κ3) is 5.26. The molecule has 4 rings (SSSR count). The zero-order valence-corrected chi connectivity index (χ0v) is 15.9. The molecule has 3 aliphatic heterocycles. The first-order valence-corrected chi connectivity index (χ1v) is 10.5. The molecule has 0 aromatic carbocycles. The zero-order chi connectivity index (χ0) is 17.6. The van der Waals surface area contributed by atoms with Crippen molar-refractivity contribution in [3.63, 3.8) is 0 Å². The second-order valence-electron chi connectivity index (χ2n) is 8.07. The summed E-state index contributed by atoms with van der Waals surface area (Å²) in [5.74, 6) is 0. The second kappa shape index (κ2) is 9.27. The monoisotopic (exact) mass is 359 g/mol. The van der Waals surface area contributed by atoms with Crippen molar-refractivity contribution in [3.05, 3.63) is 29.6 Å². The molecule has 0 aliphatic carbocycles. The number of nitrogens with zero attached hydrogens (tertiary/aromatic N) is 3. The molecule has 144 valence electrons. The summed E-state index contributed by atoms with van der Waals surface area (Å²) in [5.41, 5.74) is 2.51. The normalized spacial score (nSPS) is 28.5. The average molecular weight is 360 g/mol. The van der Waals surface area contributed by atoms with Crippen molar-refractivity contribution in [2.24, 2.45) is 0 Å². The Kier molecular flexibility index (Phi) is 6.54. The van der Waals surface area contributed by atoms with E-state index < -0.39 is 0 Å². The summed E-state index contributed by atoms with van der Waals surface area (Å²) in [4.78, 5) is 9.73. The van der Waals surface area contributed by atoms with Crippen LogP contribution < -0.4 is 0 Å². The van der Waals surface area contributed by atoms with Crippen molar-refractivity contribution in [1.29, 1.82) is 0 Å². The molecule has 26 heavy (non-hydrogen) atoms. The van der Waals surface area contributed by atoms with Gasteiger partial charge in [-0.15, -0.1) is 0 Å². The third-order valence-electron chi connectivity index (χ3n) is 5.90. The Morgan fingerprint density at radius 2 is 1.77 bits per heavy atom. The zero-order valence-electron chi connectivity index (χ0n) is 15.9. The molecule has 0 amide bonds. The highest BCUT2D eigenvalue weighted by Gasteiger charge is 2.27. The predicted octanol–water partition coefficient (Wildman–Crippen LogP) is 2.49. The molecule has 5 nitrogen and oxygen atoms in total. The van der Waals surface area contributed by atoms with E-state index >= 15 is 0 Å². The van der Waals surface area contributed by atoms with E-state index in [2.05, 4.69) is 28.1 Å². The molecule has 3 aliphatic rings. The van der Waals surface area contributed by atoms with Crippen LogP contribution in [-0.2, 0) is 22.4 Å². The SMILES string of the molecule is c1cc(C[C@@H]2CC[C@H](CN3CCCOCC3)O2)ncc1CN1CCCC1. The number of aromatic nitrogens is 1. The molecule has 0 unspecified atom stereocenters. The van der Waals surface area contributed by atoms with Gasteiger partial charge in [-0.2, -0.15) is 0 Å². The Morgan fingerprint density at radius 3 is 2.62 bits per heavy atom. The molecular formula is C21H33N3O2. The van der Waals surface area contributed by atoms with E-state index in [1.165, 1.54) is 43.6 Å². The lowest BCUT2D eigenvalue weighted by atomic mass is 10.1. The van der Waals surface area contributed by atoms with Gasteiger partial charge in [-0.1, -0.05) is 6.07 Å². The van der Waals surface area contributed by atoms with Gasteiger partial charge in [0.2, 0.25) is 0 Å². The van der Waals surface area contributed by atoms with Crippen LogP contribution in [0.2, 0.25) is 0 Å². The van der Waals surface area contributed by atoms with Crippen molar-refractivity contribution in [1.82, 2.24) is 14.8 Å². The molecule has 1 aromatic rings. The maximum absolute atomic E-state index is 6.32. The molecule has 4 heterocycles. The molecule has 0 N–H and O–H groups in total. The van der Waals surface area contributed by atoms with Gasteiger partial charge in [-0.3, -0.25) is 14.8 Å². The molecule has 0 spiro atoms. The van der Waals surface area contributed by atoms with Crippen LogP contribution in [0.1, 0.15) is 43.4 Å². The molecule has 0 saturated carbocycles. The molecular weight excluding hydrogens is 326 g/mol. The predicted molar refractivity (Wildman–Crippen MR) is 102 cm³/mol. The maximum atomic E-state index is 6.32. The van der Waals surface area contributed by atoms with Crippen LogP contribution in [0.3, 0.4) is 0 Å². The van der Waals surface area contributed by atoms with E-state index in [0.29, 0.717) is 12.2 Å². The molecule has 2 atom stereocenters. The minimum absolute atomic E-state index is 0.333. The molecule has 0 radical (unpaired) electrons. The Labute approximate surface area is 157 Å². The number of pyridine rings is 1. The van der Waals surface area contributed by atoms with Gasteiger partial charge in [0.15, 0.2) is 0 Å². The summed E-state index contributed by atoms with van der Waals surface area (Å²) in [6.45, 7) is 8.55. The Morgan fingerprint density at radius 1 is 0.923 bits per heavy atom. The number of hydrogen-bond donors (Lipinski definition) is 0. The molecule has 1 aromatic heterocycles. The van der Waals surface area contributed by atoms with Gasteiger partial charge in [0.05, 0.1) is 18.8 Å². The van der Waals surface area contributed by atoms with E-state index in [0.717, 1.165) is 58.7 Å². The standard InChI is InChI=1S/C21H33N3O2/c1-2-9-23(8-1)16-18-4-5-19(22-15-18)14-20-6-7-21(26-20)17-24-10-3-12-25-13-11-24/h4-5,15,20-21H,1-3,6-14,16-17H2/t20-,21+/m0/s1. The van der Waals surface area contributed by atoms with Crippen molar-refractivity contribution in [2.45, 2.75) is 57.3 Å². The summed E-state index contributed by atoms with van der Waals surface area (Å²) >= 11 is 0. The van der Waals surface area contributed by atoms with E-state index in [1.54, 1.807) is 0 Å². The third-order valence-corrected chi connectivity index (χ3v) is 5.90. The van der Waals surface area contributed by atoms with E-state index in [1.807, 2.05) is 0 Å². The summed E-state index contributed by atoms with van der Waals surface area (Å²) in [6, 6.07) is 4.46. The number of ether oxygens (including phenoxy) is 2. The lowest BCUT2D eigenvalue weighted by Crippen LogP contribution is -2.34. The highest BCUT2D eigenvalue weighted by atomic mass is 16.5. The highest BCUT2D eigenvalue weighted by molar-refractivity contribution is 5.15. The summed E-state index contributed by atoms with van der Waals surface area (Å²) in [5, 5.41) is 0. The summed E-state index contributed by atoms with van der Waals surface area (Å²) < 4.78 is 11.9. The van der Waals surface area contributed by atoms with Crippen molar-refractivity contribution in [2.75, 3.05) is 45.9 Å². The van der Waals surface area contributed by atoms with E-state index in [4.69, 9.17) is 14.5 Å². The maximum Gasteiger partial charge on any atom is 0.0706 e. The molecule has 0 bridgehead atoms.